The summed E-state index contributed by atoms with van der Waals surface area (Å²) < 4.78 is 28.2. The molecular weight excluding hydrogens is 338 g/mol. The molecule has 0 bridgehead atoms. The predicted molar refractivity (Wildman–Crippen MR) is 95.7 cm³/mol. The van der Waals surface area contributed by atoms with Gasteiger partial charge >= 0.3 is 0 Å². The van der Waals surface area contributed by atoms with Gasteiger partial charge in [-0.1, -0.05) is 19.3 Å². The van der Waals surface area contributed by atoms with E-state index in [0.29, 0.717) is 17.4 Å². The summed E-state index contributed by atoms with van der Waals surface area (Å²) >= 11 is 0. The second-order valence-corrected chi connectivity index (χ2v) is 8.36. The smallest absolute Gasteiger partial charge is 0.240 e. The molecule has 1 saturated carbocycles. The maximum absolute atomic E-state index is 11.9. The van der Waals surface area contributed by atoms with Crippen LogP contribution in [0.4, 0.5) is 0 Å². The van der Waals surface area contributed by atoms with Crippen molar-refractivity contribution in [3.8, 4) is 11.4 Å². The zero-order valence-corrected chi connectivity index (χ0v) is 14.9. The van der Waals surface area contributed by atoms with Crippen LogP contribution in [-0.4, -0.2) is 35.2 Å². The average molecular weight is 359 g/mol. The number of fused-ring (bicyclic) bond motifs is 1. The van der Waals surface area contributed by atoms with Crippen LogP contribution in [0, 0.1) is 0 Å². The molecule has 25 heavy (non-hydrogen) atoms. The van der Waals surface area contributed by atoms with Crippen molar-refractivity contribution in [2.75, 3.05) is 7.05 Å². The molecule has 0 amide bonds. The highest BCUT2D eigenvalue weighted by atomic mass is 32.2. The Morgan fingerprint density at radius 3 is 2.80 bits per heavy atom. The van der Waals surface area contributed by atoms with E-state index in [9.17, 15) is 8.42 Å². The van der Waals surface area contributed by atoms with Gasteiger partial charge in [-0.3, -0.25) is 4.68 Å². The highest BCUT2D eigenvalue weighted by Gasteiger charge is 2.18. The lowest BCUT2D eigenvalue weighted by Crippen LogP contribution is -2.18. The van der Waals surface area contributed by atoms with E-state index in [0.717, 1.165) is 11.1 Å². The van der Waals surface area contributed by atoms with Gasteiger partial charge in [-0.2, -0.15) is 5.10 Å². The fraction of sp³-hybridized carbons (Fsp3) is 0.412. The molecule has 0 radical (unpaired) electrons. The van der Waals surface area contributed by atoms with Gasteiger partial charge in [-0.25, -0.2) is 18.1 Å². The standard InChI is InChI=1S/C17H21N5O2S/c1-18-25(23,24)14-7-8-15-16(9-14)21-17(20-15)12-10-19-22(11-12)13-5-3-2-4-6-13/h7-11,13,18H,2-6H2,1H3,(H,20,21). The summed E-state index contributed by atoms with van der Waals surface area (Å²) in [6.07, 6.45) is 10.0. The second-order valence-electron chi connectivity index (χ2n) is 6.47. The number of imidazole rings is 1. The molecule has 7 nitrogen and oxygen atoms in total. The van der Waals surface area contributed by atoms with Crippen LogP contribution in [0.15, 0.2) is 35.5 Å². The molecular formula is C17H21N5O2S. The van der Waals surface area contributed by atoms with Gasteiger partial charge in [0.2, 0.25) is 10.0 Å². The quantitative estimate of drug-likeness (QED) is 0.749. The number of hydrogen-bond donors (Lipinski definition) is 2. The van der Waals surface area contributed by atoms with Crippen LogP contribution >= 0.6 is 0 Å². The summed E-state index contributed by atoms with van der Waals surface area (Å²) in [5.41, 5.74) is 2.34. The Hall–Kier alpha value is -2.19. The maximum atomic E-state index is 11.9. The van der Waals surface area contributed by atoms with Crippen LogP contribution < -0.4 is 4.72 Å². The highest BCUT2D eigenvalue weighted by molar-refractivity contribution is 7.89. The number of hydrogen-bond acceptors (Lipinski definition) is 4. The fourth-order valence-corrected chi connectivity index (χ4v) is 4.17. The number of H-pyrrole nitrogens is 1. The molecule has 0 aliphatic heterocycles. The van der Waals surface area contributed by atoms with Gasteiger partial charge in [0.15, 0.2) is 0 Å². The molecule has 8 heteroatoms. The number of aromatic nitrogens is 4. The van der Waals surface area contributed by atoms with E-state index in [-0.39, 0.29) is 4.90 Å². The lowest BCUT2D eigenvalue weighted by molar-refractivity contribution is 0.329. The molecule has 132 valence electrons. The van der Waals surface area contributed by atoms with Crippen molar-refractivity contribution in [1.29, 1.82) is 0 Å². The van der Waals surface area contributed by atoms with Gasteiger partial charge < -0.3 is 4.98 Å². The number of benzene rings is 1. The summed E-state index contributed by atoms with van der Waals surface area (Å²) in [6, 6.07) is 5.35. The van der Waals surface area contributed by atoms with Crippen molar-refractivity contribution < 1.29 is 8.42 Å². The van der Waals surface area contributed by atoms with E-state index in [1.165, 1.54) is 39.2 Å². The molecule has 2 aromatic heterocycles. The molecule has 0 spiro atoms. The molecule has 2 N–H and O–H groups in total. The molecule has 1 aromatic carbocycles. The van der Waals surface area contributed by atoms with Gasteiger partial charge in [0.1, 0.15) is 5.82 Å². The van der Waals surface area contributed by atoms with Gasteiger partial charge in [0.05, 0.1) is 33.7 Å². The summed E-state index contributed by atoms with van der Waals surface area (Å²) in [5, 5.41) is 4.51. The number of sulfonamides is 1. The van der Waals surface area contributed by atoms with Gasteiger partial charge in [-0.15, -0.1) is 0 Å². The van der Waals surface area contributed by atoms with Crippen molar-refractivity contribution in [3.63, 3.8) is 0 Å². The second kappa shape index (κ2) is 6.27. The number of rotatable bonds is 4. The lowest BCUT2D eigenvalue weighted by Gasteiger charge is -2.21. The summed E-state index contributed by atoms with van der Waals surface area (Å²) in [6.45, 7) is 0. The minimum absolute atomic E-state index is 0.218. The van der Waals surface area contributed by atoms with Crippen molar-refractivity contribution in [2.24, 2.45) is 0 Å². The largest absolute Gasteiger partial charge is 0.338 e. The molecule has 1 fully saturated rings. The Kier molecular flexibility index (Phi) is 4.09. The topological polar surface area (TPSA) is 92.7 Å². The third-order valence-electron chi connectivity index (χ3n) is 4.86. The zero-order chi connectivity index (χ0) is 17.4. The molecule has 1 aliphatic rings. The normalized spacial score (nSPS) is 16.5. The first-order valence-electron chi connectivity index (χ1n) is 8.55. The number of aromatic amines is 1. The van der Waals surface area contributed by atoms with E-state index in [2.05, 4.69) is 19.8 Å². The number of nitrogens with one attached hydrogen (secondary N) is 2. The zero-order valence-electron chi connectivity index (χ0n) is 14.1. The van der Waals surface area contributed by atoms with Crippen LogP contribution in [0.5, 0.6) is 0 Å². The molecule has 3 aromatic rings. The van der Waals surface area contributed by atoms with E-state index in [4.69, 9.17) is 0 Å². The van der Waals surface area contributed by atoms with Crippen LogP contribution in [-0.2, 0) is 10.0 Å². The Balaban J connectivity index is 1.67. The molecule has 2 heterocycles. The van der Waals surface area contributed by atoms with E-state index >= 15 is 0 Å². The first-order valence-corrected chi connectivity index (χ1v) is 10.0. The van der Waals surface area contributed by atoms with E-state index in [1.54, 1.807) is 18.2 Å². The van der Waals surface area contributed by atoms with Gasteiger partial charge in [0, 0.05) is 6.20 Å². The molecule has 0 atom stereocenters. The minimum atomic E-state index is -3.47. The lowest BCUT2D eigenvalue weighted by atomic mass is 9.96. The molecule has 4 rings (SSSR count). The van der Waals surface area contributed by atoms with E-state index in [1.807, 2.05) is 17.1 Å². The average Bonchev–Trinajstić information content (AvgIpc) is 3.28. The maximum Gasteiger partial charge on any atom is 0.240 e. The summed E-state index contributed by atoms with van der Waals surface area (Å²) in [5.74, 6) is 0.705. The monoisotopic (exact) mass is 359 g/mol. The van der Waals surface area contributed by atoms with Crippen LogP contribution in [0.25, 0.3) is 22.4 Å². The molecule has 0 saturated heterocycles. The fourth-order valence-electron chi connectivity index (χ4n) is 3.42. The SMILES string of the molecule is CNS(=O)(=O)c1ccc2nc(-c3cnn(C4CCCCC4)c3)[nH]c2c1. The first kappa shape index (κ1) is 16.3. The Bertz CT molecular complexity index is 999. The Morgan fingerprint density at radius 2 is 2.04 bits per heavy atom. The predicted octanol–water partition coefficient (Wildman–Crippen LogP) is 2.84. The van der Waals surface area contributed by atoms with Crippen molar-refractivity contribution >= 4 is 21.1 Å². The van der Waals surface area contributed by atoms with E-state index < -0.39 is 10.0 Å². The summed E-state index contributed by atoms with van der Waals surface area (Å²) in [4.78, 5) is 7.99. The van der Waals surface area contributed by atoms with Crippen molar-refractivity contribution in [1.82, 2.24) is 24.5 Å². The van der Waals surface area contributed by atoms with Crippen LogP contribution in [0.1, 0.15) is 38.1 Å². The number of nitrogens with zero attached hydrogens (tertiary/aromatic N) is 3. The Labute approximate surface area is 146 Å². The first-order chi connectivity index (χ1) is 12.1. The van der Waals surface area contributed by atoms with Crippen molar-refractivity contribution in [3.05, 3.63) is 30.6 Å². The highest BCUT2D eigenvalue weighted by Crippen LogP contribution is 2.29. The third kappa shape index (κ3) is 3.07. The third-order valence-corrected chi connectivity index (χ3v) is 6.27. The van der Waals surface area contributed by atoms with Crippen LogP contribution in [0.2, 0.25) is 0 Å². The molecule has 1 aliphatic carbocycles. The van der Waals surface area contributed by atoms with Gasteiger partial charge in [-0.05, 0) is 38.1 Å². The molecule has 0 unspecified atom stereocenters. The minimum Gasteiger partial charge on any atom is -0.338 e. The summed E-state index contributed by atoms with van der Waals surface area (Å²) in [7, 11) is -2.07. The Morgan fingerprint density at radius 1 is 1.24 bits per heavy atom. The van der Waals surface area contributed by atoms with Crippen molar-refractivity contribution in [2.45, 2.75) is 43.0 Å². The van der Waals surface area contributed by atoms with Crippen LogP contribution in [0.3, 0.4) is 0 Å². The van der Waals surface area contributed by atoms with Gasteiger partial charge in [0.25, 0.3) is 0 Å².